The topological polar surface area (TPSA) is 69.6 Å². The zero-order valence-corrected chi connectivity index (χ0v) is 15.1. The van der Waals surface area contributed by atoms with Crippen molar-refractivity contribution in [3.8, 4) is 0 Å². The number of nitrogens with zero attached hydrogens (tertiary/aromatic N) is 1. The van der Waals surface area contributed by atoms with Crippen molar-refractivity contribution in [2.75, 3.05) is 6.54 Å². The quantitative estimate of drug-likeness (QED) is 0.886. The van der Waals surface area contributed by atoms with Crippen LogP contribution in [0.25, 0.3) is 0 Å². The predicted molar refractivity (Wildman–Crippen MR) is 97.4 cm³/mol. The number of carbonyl (C=O) groups excluding carboxylic acids is 2. The van der Waals surface area contributed by atoms with E-state index in [0.29, 0.717) is 18.5 Å². The van der Waals surface area contributed by atoms with E-state index in [1.54, 1.807) is 36.1 Å². The number of thiophene rings is 1. The Morgan fingerprint density at radius 3 is 2.56 bits per heavy atom. The molecule has 25 heavy (non-hydrogen) atoms. The van der Waals surface area contributed by atoms with Crippen LogP contribution in [0.4, 0.5) is 0 Å². The van der Waals surface area contributed by atoms with E-state index in [1.807, 2.05) is 23.6 Å². The van der Waals surface area contributed by atoms with Crippen molar-refractivity contribution in [3.05, 3.63) is 58.3 Å². The van der Waals surface area contributed by atoms with Gasteiger partial charge in [-0.1, -0.05) is 24.3 Å². The van der Waals surface area contributed by atoms with Crippen LogP contribution in [-0.2, 0) is 4.79 Å². The molecular weight excluding hydrogens is 336 g/mol. The van der Waals surface area contributed by atoms with Gasteiger partial charge in [-0.3, -0.25) is 9.59 Å². The van der Waals surface area contributed by atoms with Crippen LogP contribution in [0, 0.1) is 0 Å². The van der Waals surface area contributed by atoms with Gasteiger partial charge < -0.3 is 15.3 Å². The van der Waals surface area contributed by atoms with Crippen molar-refractivity contribution in [2.45, 2.75) is 38.0 Å². The molecule has 1 aliphatic rings. The summed E-state index contributed by atoms with van der Waals surface area (Å²) >= 11 is 1.52. The van der Waals surface area contributed by atoms with Gasteiger partial charge in [0.15, 0.2) is 0 Å². The monoisotopic (exact) mass is 358 g/mol. The average Bonchev–Trinajstić information content (AvgIpc) is 3.11. The second-order valence-corrected chi connectivity index (χ2v) is 7.58. The largest absolute Gasteiger partial charge is 0.388 e. The third-order valence-corrected chi connectivity index (χ3v) is 5.69. The number of aliphatic hydroxyl groups is 1. The van der Waals surface area contributed by atoms with Gasteiger partial charge in [0.25, 0.3) is 5.91 Å². The second-order valence-electron chi connectivity index (χ2n) is 6.60. The molecule has 0 bridgehead atoms. The van der Waals surface area contributed by atoms with E-state index in [4.69, 9.17) is 0 Å². The molecule has 5 nitrogen and oxygen atoms in total. The first-order valence-corrected chi connectivity index (χ1v) is 9.17. The molecule has 6 heteroatoms. The van der Waals surface area contributed by atoms with Gasteiger partial charge in [-0.15, -0.1) is 11.3 Å². The maximum Gasteiger partial charge on any atom is 0.251 e. The minimum atomic E-state index is -1.11. The fraction of sp³-hybridized carbons (Fsp3) is 0.368. The molecule has 132 valence electrons. The lowest BCUT2D eigenvalue weighted by atomic mass is 9.81. The summed E-state index contributed by atoms with van der Waals surface area (Å²) in [6, 6.07) is 11.8. The molecule has 3 unspecified atom stereocenters. The normalized spacial score (nSPS) is 26.3. The summed E-state index contributed by atoms with van der Waals surface area (Å²) < 4.78 is 0. The second kappa shape index (κ2) is 6.98. The number of carbonyl (C=O) groups is 2. The van der Waals surface area contributed by atoms with Crippen molar-refractivity contribution in [2.24, 2.45) is 0 Å². The van der Waals surface area contributed by atoms with Crippen molar-refractivity contribution in [1.82, 2.24) is 10.2 Å². The lowest BCUT2D eigenvalue weighted by molar-refractivity contribution is -0.140. The molecule has 3 rings (SSSR count). The highest BCUT2D eigenvalue weighted by Gasteiger charge is 2.47. The SMILES string of the molecule is CC(=O)N1CCC(C)(O)C(NC(=O)c2ccccc2)C1c1cccs1. The molecule has 0 radical (unpaired) electrons. The summed E-state index contributed by atoms with van der Waals surface area (Å²) in [5.74, 6) is -0.314. The van der Waals surface area contributed by atoms with E-state index in [-0.39, 0.29) is 17.9 Å². The zero-order chi connectivity index (χ0) is 18.0. The summed E-state index contributed by atoms with van der Waals surface area (Å²) in [5.41, 5.74) is -0.575. The van der Waals surface area contributed by atoms with Crippen LogP contribution < -0.4 is 5.32 Å². The van der Waals surface area contributed by atoms with Crippen LogP contribution in [0.2, 0.25) is 0 Å². The van der Waals surface area contributed by atoms with Gasteiger partial charge in [0.05, 0.1) is 17.7 Å². The number of hydrogen-bond acceptors (Lipinski definition) is 4. The number of piperidine rings is 1. The first kappa shape index (κ1) is 17.6. The van der Waals surface area contributed by atoms with Crippen LogP contribution in [0.15, 0.2) is 47.8 Å². The Balaban J connectivity index is 1.95. The zero-order valence-electron chi connectivity index (χ0n) is 14.3. The molecule has 2 N–H and O–H groups in total. The molecule has 1 aliphatic heterocycles. The highest BCUT2D eigenvalue weighted by atomic mass is 32.1. The number of hydrogen-bond donors (Lipinski definition) is 2. The molecular formula is C19H22N2O3S. The van der Waals surface area contributed by atoms with Crippen molar-refractivity contribution < 1.29 is 14.7 Å². The summed E-state index contributed by atoms with van der Waals surface area (Å²) in [7, 11) is 0. The molecule has 0 spiro atoms. The molecule has 0 saturated carbocycles. The van der Waals surface area contributed by atoms with Gasteiger partial charge in [0.2, 0.25) is 5.91 Å². The Labute approximate surface area is 151 Å². The smallest absolute Gasteiger partial charge is 0.251 e. The summed E-state index contributed by atoms with van der Waals surface area (Å²) in [4.78, 5) is 27.5. The first-order valence-electron chi connectivity index (χ1n) is 8.29. The van der Waals surface area contributed by atoms with E-state index >= 15 is 0 Å². The van der Waals surface area contributed by atoms with Gasteiger partial charge in [-0.25, -0.2) is 0 Å². The summed E-state index contributed by atoms with van der Waals surface area (Å²) in [6.07, 6.45) is 0.411. The Hall–Kier alpha value is -2.18. The Bertz CT molecular complexity index is 743. The number of amides is 2. The molecule has 0 aliphatic carbocycles. The van der Waals surface area contributed by atoms with Crippen LogP contribution >= 0.6 is 11.3 Å². The maximum absolute atomic E-state index is 12.7. The Morgan fingerprint density at radius 1 is 1.24 bits per heavy atom. The Kier molecular flexibility index (Phi) is 4.92. The molecule has 2 aromatic rings. The minimum Gasteiger partial charge on any atom is -0.388 e. The molecule has 3 atom stereocenters. The van der Waals surface area contributed by atoms with Crippen LogP contribution in [0.1, 0.15) is 41.5 Å². The van der Waals surface area contributed by atoms with Crippen molar-refractivity contribution >= 4 is 23.2 Å². The molecule has 1 aromatic heterocycles. The average molecular weight is 358 g/mol. The van der Waals surface area contributed by atoms with Crippen molar-refractivity contribution in [1.29, 1.82) is 0 Å². The minimum absolute atomic E-state index is 0.0622. The van der Waals surface area contributed by atoms with Gasteiger partial charge in [-0.2, -0.15) is 0 Å². The van der Waals surface area contributed by atoms with Gasteiger partial charge in [0, 0.05) is 23.9 Å². The van der Waals surface area contributed by atoms with E-state index in [1.165, 1.54) is 18.3 Å². The number of rotatable bonds is 3. The fourth-order valence-electron chi connectivity index (χ4n) is 3.34. The third-order valence-electron chi connectivity index (χ3n) is 4.74. The number of benzene rings is 1. The van der Waals surface area contributed by atoms with Gasteiger partial charge in [0.1, 0.15) is 0 Å². The lowest BCUT2D eigenvalue weighted by Gasteiger charge is -2.48. The molecule has 2 heterocycles. The number of likely N-dealkylation sites (tertiary alicyclic amines) is 1. The molecule has 1 aromatic carbocycles. The van der Waals surface area contributed by atoms with E-state index in [0.717, 1.165) is 4.88 Å². The van der Waals surface area contributed by atoms with Crippen LogP contribution in [-0.4, -0.2) is 40.0 Å². The van der Waals surface area contributed by atoms with Crippen LogP contribution in [0.3, 0.4) is 0 Å². The first-order chi connectivity index (χ1) is 11.9. The fourth-order valence-corrected chi connectivity index (χ4v) is 4.21. The van der Waals surface area contributed by atoms with Gasteiger partial charge in [-0.05, 0) is 36.9 Å². The highest BCUT2D eigenvalue weighted by Crippen LogP contribution is 2.38. The van der Waals surface area contributed by atoms with Crippen LogP contribution in [0.5, 0.6) is 0 Å². The highest BCUT2D eigenvalue weighted by molar-refractivity contribution is 7.10. The van der Waals surface area contributed by atoms with Crippen molar-refractivity contribution in [3.63, 3.8) is 0 Å². The van der Waals surface area contributed by atoms with E-state index < -0.39 is 11.6 Å². The molecule has 2 amide bonds. The number of nitrogens with one attached hydrogen (secondary N) is 1. The maximum atomic E-state index is 12.7. The lowest BCUT2D eigenvalue weighted by Crippen LogP contribution is -2.63. The molecule has 1 saturated heterocycles. The molecule has 1 fully saturated rings. The standard InChI is InChI=1S/C19H22N2O3S/c1-13(22)21-11-10-19(2,24)17(16(21)15-9-6-12-25-15)20-18(23)14-7-4-3-5-8-14/h3-9,12,16-17,24H,10-11H2,1-2H3,(H,20,23). The Morgan fingerprint density at radius 2 is 1.96 bits per heavy atom. The van der Waals surface area contributed by atoms with E-state index in [9.17, 15) is 14.7 Å². The summed E-state index contributed by atoms with van der Waals surface area (Å²) in [6.45, 7) is 3.71. The third kappa shape index (κ3) is 3.60. The van der Waals surface area contributed by atoms with E-state index in [2.05, 4.69) is 5.32 Å². The van der Waals surface area contributed by atoms with Gasteiger partial charge >= 0.3 is 0 Å². The summed E-state index contributed by atoms with van der Waals surface area (Å²) in [5, 5.41) is 15.9. The predicted octanol–water partition coefficient (Wildman–Crippen LogP) is 2.59.